The van der Waals surface area contributed by atoms with Crippen LogP contribution < -0.4 is 10.2 Å². The second kappa shape index (κ2) is 10.2. The lowest BCUT2D eigenvalue weighted by molar-refractivity contribution is -0.119. The van der Waals surface area contributed by atoms with Crippen molar-refractivity contribution in [3.63, 3.8) is 0 Å². The van der Waals surface area contributed by atoms with Gasteiger partial charge in [-0.2, -0.15) is 5.26 Å². The number of carbonyl (C=O) groups excluding carboxylic acids is 2. The van der Waals surface area contributed by atoms with Crippen molar-refractivity contribution in [1.29, 1.82) is 5.26 Å². The minimum absolute atomic E-state index is 0.0664. The molecule has 0 saturated carbocycles. The molecular weight excluding hydrogens is 359 g/mol. The van der Waals surface area contributed by atoms with E-state index in [0.29, 0.717) is 12.1 Å². The number of nitrogens with zero attached hydrogens (tertiary/aromatic N) is 3. The summed E-state index contributed by atoms with van der Waals surface area (Å²) in [5, 5.41) is 11.4. The van der Waals surface area contributed by atoms with E-state index in [-0.39, 0.29) is 37.0 Å². The largest absolute Gasteiger partial charge is 0.355 e. The Balaban J connectivity index is 2.05. The third-order valence-corrected chi connectivity index (χ3v) is 4.19. The summed E-state index contributed by atoms with van der Waals surface area (Å²) in [6.07, 6.45) is 0.116. The second-order valence-corrected chi connectivity index (χ2v) is 6.35. The normalized spacial score (nSPS) is 10.4. The zero-order chi connectivity index (χ0) is 20.5. The minimum atomic E-state index is -0.499. The molecule has 0 aliphatic rings. The van der Waals surface area contributed by atoms with Crippen LogP contribution in [-0.4, -0.2) is 43.9 Å². The van der Waals surface area contributed by atoms with Crippen molar-refractivity contribution in [1.82, 2.24) is 10.2 Å². The number of halogens is 1. The second-order valence-electron chi connectivity index (χ2n) is 6.35. The van der Waals surface area contributed by atoms with Crippen molar-refractivity contribution in [3.05, 3.63) is 65.5 Å². The number of rotatable bonds is 8. The van der Waals surface area contributed by atoms with Crippen molar-refractivity contribution < 1.29 is 14.0 Å². The van der Waals surface area contributed by atoms with Gasteiger partial charge in [0, 0.05) is 25.7 Å². The van der Waals surface area contributed by atoms with Crippen LogP contribution in [0.4, 0.5) is 10.1 Å². The van der Waals surface area contributed by atoms with E-state index in [1.165, 1.54) is 17.0 Å². The molecule has 0 aliphatic heterocycles. The highest BCUT2D eigenvalue weighted by Crippen LogP contribution is 2.19. The van der Waals surface area contributed by atoms with Crippen LogP contribution in [0.15, 0.2) is 48.5 Å². The fourth-order valence-corrected chi connectivity index (χ4v) is 2.80. The highest BCUT2D eigenvalue weighted by molar-refractivity contribution is 5.95. The first-order chi connectivity index (χ1) is 13.5. The Labute approximate surface area is 164 Å². The summed E-state index contributed by atoms with van der Waals surface area (Å²) < 4.78 is 14.1. The Kier molecular flexibility index (Phi) is 7.66. The van der Waals surface area contributed by atoms with Crippen LogP contribution in [0.3, 0.4) is 0 Å². The maximum absolute atomic E-state index is 14.1. The number of carbonyl (C=O) groups is 2. The molecule has 6 nitrogen and oxygen atoms in total. The summed E-state index contributed by atoms with van der Waals surface area (Å²) in [7, 11) is 3.36. The predicted molar refractivity (Wildman–Crippen MR) is 105 cm³/mol. The number of para-hydroxylation sites is 1. The number of anilines is 1. The molecule has 0 unspecified atom stereocenters. The highest BCUT2D eigenvalue weighted by Gasteiger charge is 2.20. The van der Waals surface area contributed by atoms with Gasteiger partial charge in [-0.25, -0.2) is 4.39 Å². The van der Waals surface area contributed by atoms with E-state index in [1.54, 1.807) is 43.3 Å². The summed E-state index contributed by atoms with van der Waals surface area (Å²) in [6, 6.07) is 15.1. The number of hydrogen-bond acceptors (Lipinski definition) is 4. The molecule has 0 spiro atoms. The van der Waals surface area contributed by atoms with Crippen LogP contribution in [0.5, 0.6) is 0 Å². The van der Waals surface area contributed by atoms with Crippen LogP contribution in [0, 0.1) is 17.1 Å². The van der Waals surface area contributed by atoms with Crippen LogP contribution >= 0.6 is 0 Å². The monoisotopic (exact) mass is 382 g/mol. The average molecular weight is 382 g/mol. The molecule has 0 heterocycles. The van der Waals surface area contributed by atoms with Crippen molar-refractivity contribution >= 4 is 17.5 Å². The summed E-state index contributed by atoms with van der Waals surface area (Å²) in [5.74, 6) is -0.945. The first kappa shape index (κ1) is 21.1. The van der Waals surface area contributed by atoms with E-state index in [4.69, 9.17) is 5.26 Å². The van der Waals surface area contributed by atoms with Gasteiger partial charge in [-0.05, 0) is 36.9 Å². The van der Waals surface area contributed by atoms with Crippen LogP contribution in [-0.2, 0) is 11.3 Å². The van der Waals surface area contributed by atoms with Crippen LogP contribution in [0.1, 0.15) is 22.3 Å². The number of nitriles is 1. The molecule has 0 aromatic heterocycles. The first-order valence-corrected chi connectivity index (χ1v) is 8.87. The van der Waals surface area contributed by atoms with E-state index in [9.17, 15) is 14.0 Å². The molecule has 0 saturated heterocycles. The number of amides is 2. The van der Waals surface area contributed by atoms with Crippen molar-refractivity contribution in [2.24, 2.45) is 0 Å². The van der Waals surface area contributed by atoms with E-state index in [1.807, 2.05) is 18.2 Å². The molecule has 2 amide bonds. The SMILES string of the molecule is CNC(=O)c1ccc(CN(C)CC(=O)N(CCC#N)c2ccccc2F)cc1. The third kappa shape index (κ3) is 5.63. The van der Waals surface area contributed by atoms with Crippen molar-refractivity contribution in [2.75, 3.05) is 32.1 Å². The lowest BCUT2D eigenvalue weighted by Gasteiger charge is -2.25. The zero-order valence-corrected chi connectivity index (χ0v) is 16.0. The molecule has 28 heavy (non-hydrogen) atoms. The molecule has 2 rings (SSSR count). The van der Waals surface area contributed by atoms with Gasteiger partial charge in [-0.1, -0.05) is 24.3 Å². The Hall–Kier alpha value is -3.24. The van der Waals surface area contributed by atoms with E-state index < -0.39 is 5.82 Å². The summed E-state index contributed by atoms with van der Waals surface area (Å²) >= 11 is 0. The number of benzene rings is 2. The Morgan fingerprint density at radius 1 is 1.14 bits per heavy atom. The van der Waals surface area contributed by atoms with Gasteiger partial charge in [0.2, 0.25) is 5.91 Å². The van der Waals surface area contributed by atoms with E-state index in [2.05, 4.69) is 5.32 Å². The Morgan fingerprint density at radius 2 is 1.82 bits per heavy atom. The van der Waals surface area contributed by atoms with E-state index >= 15 is 0 Å². The average Bonchev–Trinajstić information content (AvgIpc) is 2.69. The van der Waals surface area contributed by atoms with Crippen LogP contribution in [0.25, 0.3) is 0 Å². The zero-order valence-electron chi connectivity index (χ0n) is 16.0. The summed E-state index contributed by atoms with van der Waals surface area (Å²) in [5.41, 5.74) is 1.68. The number of nitrogens with one attached hydrogen (secondary N) is 1. The molecule has 2 aromatic rings. The van der Waals surface area contributed by atoms with Gasteiger partial charge in [0.25, 0.3) is 5.91 Å². The minimum Gasteiger partial charge on any atom is -0.355 e. The summed E-state index contributed by atoms with van der Waals surface area (Å²) in [4.78, 5) is 27.4. The third-order valence-electron chi connectivity index (χ3n) is 4.19. The fourth-order valence-electron chi connectivity index (χ4n) is 2.80. The molecular formula is C21H23FN4O2. The predicted octanol–water partition coefficient (Wildman–Crippen LogP) is 2.56. The van der Waals surface area contributed by atoms with Gasteiger partial charge in [0.1, 0.15) is 5.82 Å². The van der Waals surface area contributed by atoms with Gasteiger partial charge in [-0.3, -0.25) is 14.5 Å². The number of hydrogen-bond donors (Lipinski definition) is 1. The van der Waals surface area contributed by atoms with Gasteiger partial charge >= 0.3 is 0 Å². The first-order valence-electron chi connectivity index (χ1n) is 8.87. The molecule has 0 aliphatic carbocycles. The van der Waals surface area contributed by atoms with Gasteiger partial charge in [0.15, 0.2) is 0 Å². The molecule has 146 valence electrons. The Bertz CT molecular complexity index is 861. The topological polar surface area (TPSA) is 76.4 Å². The molecule has 7 heteroatoms. The molecule has 0 bridgehead atoms. The smallest absolute Gasteiger partial charge is 0.251 e. The van der Waals surface area contributed by atoms with Gasteiger partial charge < -0.3 is 10.2 Å². The quantitative estimate of drug-likeness (QED) is 0.761. The van der Waals surface area contributed by atoms with Crippen LogP contribution in [0.2, 0.25) is 0 Å². The molecule has 0 atom stereocenters. The molecule has 0 fully saturated rings. The maximum Gasteiger partial charge on any atom is 0.251 e. The number of likely N-dealkylation sites (N-methyl/N-ethyl adjacent to an activating group) is 1. The van der Waals surface area contributed by atoms with E-state index in [0.717, 1.165) is 5.56 Å². The Morgan fingerprint density at radius 3 is 2.43 bits per heavy atom. The van der Waals surface area contributed by atoms with Crippen molar-refractivity contribution in [2.45, 2.75) is 13.0 Å². The molecule has 1 N–H and O–H groups in total. The standard InChI is InChI=1S/C21H23FN4O2/c1-24-21(28)17-10-8-16(9-11-17)14-25(2)15-20(27)26(13-5-12-23)19-7-4-3-6-18(19)22/h3-4,6-11H,5,13-15H2,1-2H3,(H,24,28). The lowest BCUT2D eigenvalue weighted by Crippen LogP contribution is -2.40. The molecule has 0 radical (unpaired) electrons. The van der Waals surface area contributed by atoms with Gasteiger partial charge in [0.05, 0.1) is 24.7 Å². The lowest BCUT2D eigenvalue weighted by atomic mass is 10.1. The summed E-state index contributed by atoms with van der Waals surface area (Å²) in [6.45, 7) is 0.686. The maximum atomic E-state index is 14.1. The fraction of sp³-hybridized carbons (Fsp3) is 0.286. The van der Waals surface area contributed by atoms with Gasteiger partial charge in [-0.15, -0.1) is 0 Å². The highest BCUT2D eigenvalue weighted by atomic mass is 19.1. The van der Waals surface area contributed by atoms with Crippen molar-refractivity contribution in [3.8, 4) is 6.07 Å². The molecule has 2 aromatic carbocycles.